The van der Waals surface area contributed by atoms with Gasteiger partial charge >= 0.3 is 5.97 Å². The van der Waals surface area contributed by atoms with Crippen molar-refractivity contribution in [1.29, 1.82) is 0 Å². The average molecular weight is 390 g/mol. The number of anilines is 1. The van der Waals surface area contributed by atoms with Crippen LogP contribution in [0.25, 0.3) is 0 Å². The Bertz CT molecular complexity index is 796. The summed E-state index contributed by atoms with van der Waals surface area (Å²) in [6.45, 7) is 2.83. The molecule has 0 radical (unpaired) electrons. The van der Waals surface area contributed by atoms with Gasteiger partial charge in [-0.1, -0.05) is 41.9 Å². The van der Waals surface area contributed by atoms with Crippen LogP contribution in [0.1, 0.15) is 31.9 Å². The van der Waals surface area contributed by atoms with Crippen LogP contribution in [-0.4, -0.2) is 28.9 Å². The van der Waals surface area contributed by atoms with Crippen molar-refractivity contribution in [3.8, 4) is 0 Å². The first-order chi connectivity index (χ1) is 12.8. The Morgan fingerprint density at radius 2 is 1.85 bits per heavy atom. The zero-order valence-corrected chi connectivity index (χ0v) is 15.7. The smallest absolute Gasteiger partial charge is 0.309 e. The first-order valence-corrected chi connectivity index (χ1v) is 8.67. The van der Waals surface area contributed by atoms with Crippen molar-refractivity contribution in [1.82, 2.24) is 10.3 Å². The van der Waals surface area contributed by atoms with Crippen molar-refractivity contribution >= 4 is 35.2 Å². The predicted octanol–water partition coefficient (Wildman–Crippen LogP) is 2.87. The van der Waals surface area contributed by atoms with E-state index in [0.29, 0.717) is 10.8 Å². The van der Waals surface area contributed by atoms with Crippen molar-refractivity contribution in [2.75, 3.05) is 5.32 Å². The van der Waals surface area contributed by atoms with E-state index in [0.717, 1.165) is 5.56 Å². The number of hydrogen-bond donors (Lipinski definition) is 2. The molecular weight excluding hydrogens is 370 g/mol. The lowest BCUT2D eigenvalue weighted by molar-refractivity contribution is -0.153. The lowest BCUT2D eigenvalue weighted by Gasteiger charge is -2.19. The first kappa shape index (κ1) is 20.4. The highest BCUT2D eigenvalue weighted by Gasteiger charge is 2.22. The molecule has 0 aliphatic heterocycles. The van der Waals surface area contributed by atoms with E-state index < -0.39 is 24.0 Å². The molecule has 2 aromatic rings. The molecule has 2 rings (SSSR count). The Morgan fingerprint density at radius 3 is 2.44 bits per heavy atom. The summed E-state index contributed by atoms with van der Waals surface area (Å²) in [6, 6.07) is 11.6. The molecule has 0 bridgehead atoms. The minimum Gasteiger partial charge on any atom is -0.452 e. The lowest BCUT2D eigenvalue weighted by Crippen LogP contribution is -2.33. The summed E-state index contributed by atoms with van der Waals surface area (Å²) >= 11 is 5.74. The number of amides is 2. The Labute approximate surface area is 162 Å². The number of halogens is 1. The van der Waals surface area contributed by atoms with Crippen LogP contribution in [0.2, 0.25) is 5.02 Å². The summed E-state index contributed by atoms with van der Waals surface area (Å²) in [6.07, 6.45) is 0.273. The van der Waals surface area contributed by atoms with E-state index in [2.05, 4.69) is 15.6 Å². The third kappa shape index (κ3) is 6.71. The maximum Gasteiger partial charge on any atom is 0.309 e. The highest BCUT2D eigenvalue weighted by molar-refractivity contribution is 6.30. The van der Waals surface area contributed by atoms with Gasteiger partial charge in [0.2, 0.25) is 5.91 Å². The molecule has 0 saturated heterocycles. The van der Waals surface area contributed by atoms with Crippen LogP contribution in [0.15, 0.2) is 48.7 Å². The van der Waals surface area contributed by atoms with Crippen molar-refractivity contribution in [2.45, 2.75) is 32.4 Å². The van der Waals surface area contributed by atoms with Gasteiger partial charge in [0, 0.05) is 13.1 Å². The van der Waals surface area contributed by atoms with E-state index in [4.69, 9.17) is 16.3 Å². The number of rotatable bonds is 7. The number of ether oxygens (including phenoxy) is 1. The minimum absolute atomic E-state index is 0.0968. The van der Waals surface area contributed by atoms with Crippen LogP contribution < -0.4 is 10.6 Å². The highest BCUT2D eigenvalue weighted by atomic mass is 35.5. The summed E-state index contributed by atoms with van der Waals surface area (Å²) in [5, 5.41) is 5.69. The second kappa shape index (κ2) is 9.68. The van der Waals surface area contributed by atoms with Crippen LogP contribution in [0, 0.1) is 0 Å². The number of nitrogens with zero attached hydrogens (tertiary/aromatic N) is 1. The Hall–Kier alpha value is -2.93. The average Bonchev–Trinajstić information content (AvgIpc) is 2.63. The van der Waals surface area contributed by atoms with Crippen LogP contribution in [0.5, 0.6) is 0 Å². The van der Waals surface area contributed by atoms with Crippen molar-refractivity contribution in [2.24, 2.45) is 0 Å². The van der Waals surface area contributed by atoms with Gasteiger partial charge in [0.05, 0.1) is 17.5 Å². The topological polar surface area (TPSA) is 97.4 Å². The van der Waals surface area contributed by atoms with E-state index in [1.54, 1.807) is 18.2 Å². The van der Waals surface area contributed by atoms with Crippen LogP contribution in [-0.2, 0) is 19.1 Å². The highest BCUT2D eigenvalue weighted by Crippen LogP contribution is 2.18. The van der Waals surface area contributed by atoms with Crippen LogP contribution >= 0.6 is 11.6 Å². The van der Waals surface area contributed by atoms with E-state index in [1.807, 2.05) is 18.2 Å². The predicted molar refractivity (Wildman–Crippen MR) is 101 cm³/mol. The number of benzene rings is 1. The molecule has 0 spiro atoms. The molecule has 1 aromatic carbocycles. The summed E-state index contributed by atoms with van der Waals surface area (Å²) < 4.78 is 5.19. The molecule has 0 fully saturated rings. The molecule has 1 heterocycles. The zero-order chi connectivity index (χ0) is 19.8. The lowest BCUT2D eigenvalue weighted by atomic mass is 10.0. The monoisotopic (exact) mass is 389 g/mol. The number of nitrogens with one attached hydrogen (secondary N) is 2. The number of esters is 1. The summed E-state index contributed by atoms with van der Waals surface area (Å²) in [5.41, 5.74) is 0.770. The zero-order valence-electron chi connectivity index (χ0n) is 14.9. The fourth-order valence-corrected chi connectivity index (χ4v) is 2.44. The molecule has 0 aliphatic rings. The van der Waals surface area contributed by atoms with Gasteiger partial charge in [0.1, 0.15) is 5.82 Å². The van der Waals surface area contributed by atoms with Crippen molar-refractivity contribution in [3.05, 3.63) is 59.2 Å². The van der Waals surface area contributed by atoms with E-state index in [9.17, 15) is 14.4 Å². The van der Waals surface area contributed by atoms with Crippen molar-refractivity contribution in [3.63, 3.8) is 0 Å². The van der Waals surface area contributed by atoms with Gasteiger partial charge in [-0.3, -0.25) is 14.4 Å². The second-order valence-corrected chi connectivity index (χ2v) is 6.29. The van der Waals surface area contributed by atoms with Gasteiger partial charge < -0.3 is 15.4 Å². The molecule has 7 nitrogen and oxygen atoms in total. The van der Waals surface area contributed by atoms with E-state index >= 15 is 0 Å². The van der Waals surface area contributed by atoms with Gasteiger partial charge in [-0.15, -0.1) is 0 Å². The molecule has 0 aliphatic carbocycles. The number of aromatic nitrogens is 1. The third-order valence-electron chi connectivity index (χ3n) is 3.61. The largest absolute Gasteiger partial charge is 0.452 e. The van der Waals surface area contributed by atoms with Gasteiger partial charge in [-0.05, 0) is 24.6 Å². The maximum absolute atomic E-state index is 12.2. The molecule has 0 saturated carbocycles. The third-order valence-corrected chi connectivity index (χ3v) is 3.83. The molecule has 0 unspecified atom stereocenters. The Kier molecular flexibility index (Phi) is 7.31. The van der Waals surface area contributed by atoms with E-state index in [-0.39, 0.29) is 12.3 Å². The van der Waals surface area contributed by atoms with Gasteiger partial charge in [0.15, 0.2) is 6.10 Å². The summed E-state index contributed by atoms with van der Waals surface area (Å²) in [7, 11) is 0. The molecule has 2 atom stereocenters. The fraction of sp³-hybridized carbons (Fsp3) is 0.263. The normalized spacial score (nSPS) is 12.6. The van der Waals surface area contributed by atoms with Gasteiger partial charge in [-0.2, -0.15) is 0 Å². The summed E-state index contributed by atoms with van der Waals surface area (Å²) in [4.78, 5) is 39.7. The molecule has 2 N–H and O–H groups in total. The maximum atomic E-state index is 12.2. The first-order valence-electron chi connectivity index (χ1n) is 8.29. The quantitative estimate of drug-likeness (QED) is 0.709. The van der Waals surface area contributed by atoms with Crippen molar-refractivity contribution < 1.29 is 19.1 Å². The SMILES string of the molecule is CC(=O)N[C@@H](CC(=O)O[C@@H](C)C(=O)Nc1ccc(Cl)cn1)c1ccccc1. The Morgan fingerprint density at radius 1 is 1.15 bits per heavy atom. The number of carbonyl (C=O) groups is 3. The van der Waals surface area contributed by atoms with Crippen LogP contribution in [0.4, 0.5) is 5.82 Å². The summed E-state index contributed by atoms with van der Waals surface area (Å²) in [5.74, 6) is -1.10. The molecular formula is C19H20ClN3O4. The standard InChI is InChI=1S/C19H20ClN3O4/c1-12(19(26)23-17-9-8-15(20)11-21-17)27-18(25)10-16(22-13(2)24)14-6-4-3-5-7-14/h3-9,11-12,16H,10H2,1-2H3,(H,22,24)(H,21,23,26)/t12-,16-/m0/s1. The van der Waals surface area contributed by atoms with E-state index in [1.165, 1.54) is 26.1 Å². The molecule has 2 amide bonds. The molecule has 142 valence electrons. The number of pyridine rings is 1. The fourth-order valence-electron chi connectivity index (χ4n) is 2.33. The van der Waals surface area contributed by atoms with Gasteiger partial charge in [0.25, 0.3) is 5.91 Å². The van der Waals surface area contributed by atoms with Crippen LogP contribution in [0.3, 0.4) is 0 Å². The molecule has 1 aromatic heterocycles. The minimum atomic E-state index is -1.02. The number of carbonyl (C=O) groups excluding carboxylic acids is 3. The molecule has 8 heteroatoms. The van der Waals surface area contributed by atoms with Gasteiger partial charge in [-0.25, -0.2) is 4.98 Å². The Balaban J connectivity index is 1.94. The molecule has 27 heavy (non-hydrogen) atoms. The second-order valence-electron chi connectivity index (χ2n) is 5.85. The number of hydrogen-bond acceptors (Lipinski definition) is 5.